The number of nitrogens with one attached hydrogen (secondary N) is 1. The maximum atomic E-state index is 12.5. The van der Waals surface area contributed by atoms with Crippen LogP contribution in [0.3, 0.4) is 0 Å². The summed E-state index contributed by atoms with van der Waals surface area (Å²) in [6.07, 6.45) is 2.09. The van der Waals surface area contributed by atoms with Crippen molar-refractivity contribution in [3.05, 3.63) is 48.4 Å². The molecule has 2 aromatic rings. The minimum Gasteiger partial charge on any atom is -0.497 e. The molecular formula is C18H22N2O5S. The van der Waals surface area contributed by atoms with Crippen LogP contribution in [-0.4, -0.2) is 50.4 Å². The molecule has 1 fully saturated rings. The Morgan fingerprint density at radius 2 is 2.19 bits per heavy atom. The molecule has 3 rings (SSSR count). The monoisotopic (exact) mass is 378 g/mol. The second-order valence-corrected chi connectivity index (χ2v) is 8.55. The highest BCUT2D eigenvalue weighted by Gasteiger charge is 2.33. The van der Waals surface area contributed by atoms with Gasteiger partial charge >= 0.3 is 0 Å². The van der Waals surface area contributed by atoms with Gasteiger partial charge in [-0.3, -0.25) is 9.69 Å². The zero-order chi connectivity index (χ0) is 18.6. The molecule has 140 valence electrons. The summed E-state index contributed by atoms with van der Waals surface area (Å²) >= 11 is 0. The lowest BCUT2D eigenvalue weighted by molar-refractivity contribution is -0.118. The molecule has 7 nitrogen and oxygen atoms in total. The van der Waals surface area contributed by atoms with Gasteiger partial charge in [-0.2, -0.15) is 0 Å². The molecule has 1 saturated heterocycles. The number of anilines is 1. The number of methoxy groups -OCH3 is 1. The lowest BCUT2D eigenvalue weighted by Gasteiger charge is -2.26. The largest absolute Gasteiger partial charge is 0.497 e. The van der Waals surface area contributed by atoms with Gasteiger partial charge in [0.15, 0.2) is 9.84 Å². The van der Waals surface area contributed by atoms with Crippen LogP contribution in [0.1, 0.15) is 12.2 Å². The number of carbonyl (C=O) groups is 1. The summed E-state index contributed by atoms with van der Waals surface area (Å²) in [4.78, 5) is 14.4. The molecule has 0 radical (unpaired) electrons. The minimum atomic E-state index is -3.04. The van der Waals surface area contributed by atoms with Gasteiger partial charge in [-0.1, -0.05) is 6.07 Å². The van der Waals surface area contributed by atoms with E-state index in [1.165, 1.54) is 0 Å². The van der Waals surface area contributed by atoms with Gasteiger partial charge in [-0.05, 0) is 30.7 Å². The number of nitrogens with zero attached hydrogens (tertiary/aromatic N) is 1. The first-order chi connectivity index (χ1) is 12.4. The molecule has 1 aromatic heterocycles. The summed E-state index contributed by atoms with van der Waals surface area (Å²) in [5, 5.41) is 2.83. The van der Waals surface area contributed by atoms with Crippen LogP contribution in [0.25, 0.3) is 0 Å². The molecule has 1 atom stereocenters. The van der Waals surface area contributed by atoms with Crippen LogP contribution < -0.4 is 10.1 Å². The first-order valence-corrected chi connectivity index (χ1v) is 10.2. The van der Waals surface area contributed by atoms with Gasteiger partial charge in [0.1, 0.15) is 11.5 Å². The average molecular weight is 378 g/mol. The van der Waals surface area contributed by atoms with E-state index >= 15 is 0 Å². The van der Waals surface area contributed by atoms with Gasteiger partial charge in [0.25, 0.3) is 0 Å². The summed E-state index contributed by atoms with van der Waals surface area (Å²) in [6.45, 7) is 0.469. The molecule has 1 aromatic carbocycles. The Bertz CT molecular complexity index is 848. The second kappa shape index (κ2) is 7.92. The summed E-state index contributed by atoms with van der Waals surface area (Å²) in [5.74, 6) is 1.36. The third kappa shape index (κ3) is 4.86. The minimum absolute atomic E-state index is 0.0696. The summed E-state index contributed by atoms with van der Waals surface area (Å²) in [7, 11) is -1.48. The highest BCUT2D eigenvalue weighted by molar-refractivity contribution is 7.91. The number of rotatable bonds is 7. The summed E-state index contributed by atoms with van der Waals surface area (Å²) in [5.41, 5.74) is 0.631. The fraction of sp³-hybridized carbons (Fsp3) is 0.389. The van der Waals surface area contributed by atoms with Gasteiger partial charge in [0.2, 0.25) is 5.91 Å². The lowest BCUT2D eigenvalue weighted by Crippen LogP contribution is -2.41. The smallest absolute Gasteiger partial charge is 0.238 e. The lowest BCUT2D eigenvalue weighted by atomic mass is 10.2. The fourth-order valence-corrected chi connectivity index (χ4v) is 4.83. The SMILES string of the molecule is COc1cccc(NC(=O)CN(Cc2ccco2)[C@H]2CCS(=O)(=O)C2)c1. The van der Waals surface area contributed by atoms with Crippen molar-refractivity contribution in [3.8, 4) is 5.75 Å². The Balaban J connectivity index is 1.69. The summed E-state index contributed by atoms with van der Waals surface area (Å²) in [6, 6.07) is 10.5. The first kappa shape index (κ1) is 18.5. The zero-order valence-electron chi connectivity index (χ0n) is 14.6. The number of hydrogen-bond acceptors (Lipinski definition) is 6. The predicted octanol–water partition coefficient (Wildman–Crippen LogP) is 1.92. The number of sulfone groups is 1. The third-order valence-electron chi connectivity index (χ3n) is 4.36. The van der Waals surface area contributed by atoms with E-state index in [-0.39, 0.29) is 30.0 Å². The maximum absolute atomic E-state index is 12.5. The Labute approximate surface area is 152 Å². The molecule has 8 heteroatoms. The standard InChI is InChI=1S/C18H22N2O5S/c1-24-16-5-2-4-14(10-16)19-18(21)12-20(11-17-6-3-8-25-17)15-7-9-26(22,23)13-15/h2-6,8,10,15H,7,9,11-13H2,1H3,(H,19,21)/t15-/m0/s1. The van der Waals surface area contributed by atoms with Gasteiger partial charge in [-0.15, -0.1) is 0 Å². The number of benzene rings is 1. The Kier molecular flexibility index (Phi) is 5.63. The third-order valence-corrected chi connectivity index (χ3v) is 6.11. The molecule has 1 aliphatic rings. The average Bonchev–Trinajstić information content (AvgIpc) is 3.23. The quantitative estimate of drug-likeness (QED) is 0.792. The maximum Gasteiger partial charge on any atom is 0.238 e. The van der Waals surface area contributed by atoms with E-state index in [1.807, 2.05) is 11.0 Å². The number of carbonyl (C=O) groups excluding carboxylic acids is 1. The van der Waals surface area contributed by atoms with E-state index in [0.29, 0.717) is 30.2 Å². The van der Waals surface area contributed by atoms with Crippen molar-refractivity contribution >= 4 is 21.4 Å². The van der Waals surface area contributed by atoms with Crippen molar-refractivity contribution < 1.29 is 22.4 Å². The van der Waals surface area contributed by atoms with Crippen molar-refractivity contribution in [2.24, 2.45) is 0 Å². The normalized spacial score (nSPS) is 18.8. The topological polar surface area (TPSA) is 88.8 Å². The van der Waals surface area contributed by atoms with E-state index in [1.54, 1.807) is 43.7 Å². The van der Waals surface area contributed by atoms with Crippen molar-refractivity contribution in [2.45, 2.75) is 19.0 Å². The van der Waals surface area contributed by atoms with Crippen molar-refractivity contribution in [1.29, 1.82) is 0 Å². The van der Waals surface area contributed by atoms with Crippen LogP contribution in [0.5, 0.6) is 5.75 Å². The molecule has 0 unspecified atom stereocenters. The fourth-order valence-electron chi connectivity index (χ4n) is 3.07. The Morgan fingerprint density at radius 1 is 1.35 bits per heavy atom. The highest BCUT2D eigenvalue weighted by atomic mass is 32.2. The van der Waals surface area contributed by atoms with Crippen LogP contribution >= 0.6 is 0 Å². The molecule has 0 aliphatic carbocycles. The van der Waals surface area contributed by atoms with Crippen LogP contribution in [-0.2, 0) is 21.2 Å². The van der Waals surface area contributed by atoms with Crippen LogP contribution in [0.15, 0.2) is 47.1 Å². The molecule has 0 spiro atoms. The van der Waals surface area contributed by atoms with Gasteiger partial charge in [-0.25, -0.2) is 8.42 Å². The molecule has 0 saturated carbocycles. The van der Waals surface area contributed by atoms with Gasteiger partial charge in [0, 0.05) is 17.8 Å². The second-order valence-electron chi connectivity index (χ2n) is 6.32. The van der Waals surface area contributed by atoms with Crippen molar-refractivity contribution in [1.82, 2.24) is 4.90 Å². The molecule has 26 heavy (non-hydrogen) atoms. The molecule has 0 bridgehead atoms. The Hall–Kier alpha value is -2.32. The first-order valence-electron chi connectivity index (χ1n) is 8.36. The van der Waals surface area contributed by atoms with E-state index in [2.05, 4.69) is 5.32 Å². The van der Waals surface area contributed by atoms with Crippen molar-refractivity contribution in [3.63, 3.8) is 0 Å². The number of amides is 1. The molecule has 1 aliphatic heterocycles. The summed E-state index contributed by atoms with van der Waals surface area (Å²) < 4.78 is 34.2. The molecule has 2 heterocycles. The number of hydrogen-bond donors (Lipinski definition) is 1. The zero-order valence-corrected chi connectivity index (χ0v) is 15.4. The van der Waals surface area contributed by atoms with Crippen LogP contribution in [0, 0.1) is 0 Å². The predicted molar refractivity (Wildman–Crippen MR) is 97.8 cm³/mol. The van der Waals surface area contributed by atoms with E-state index in [4.69, 9.17) is 9.15 Å². The van der Waals surface area contributed by atoms with Gasteiger partial charge < -0.3 is 14.5 Å². The number of ether oxygens (including phenoxy) is 1. The molecular weight excluding hydrogens is 356 g/mol. The van der Waals surface area contributed by atoms with Gasteiger partial charge in [0.05, 0.1) is 38.0 Å². The van der Waals surface area contributed by atoms with E-state index in [0.717, 1.165) is 0 Å². The van der Waals surface area contributed by atoms with Crippen LogP contribution in [0.2, 0.25) is 0 Å². The Morgan fingerprint density at radius 3 is 2.85 bits per heavy atom. The molecule has 1 amide bonds. The van der Waals surface area contributed by atoms with Crippen molar-refractivity contribution in [2.75, 3.05) is 30.5 Å². The molecule has 1 N–H and O–H groups in total. The number of furan rings is 1. The van der Waals surface area contributed by atoms with E-state index in [9.17, 15) is 13.2 Å². The van der Waals surface area contributed by atoms with E-state index < -0.39 is 9.84 Å². The van der Waals surface area contributed by atoms with Crippen LogP contribution in [0.4, 0.5) is 5.69 Å². The highest BCUT2D eigenvalue weighted by Crippen LogP contribution is 2.21.